The van der Waals surface area contributed by atoms with Crippen molar-refractivity contribution in [1.29, 1.82) is 0 Å². The number of rotatable bonds is 4. The van der Waals surface area contributed by atoms with Gasteiger partial charge >= 0.3 is 0 Å². The molecule has 2 aliphatic rings. The second-order valence-corrected chi connectivity index (χ2v) is 7.73. The summed E-state index contributed by atoms with van der Waals surface area (Å²) in [6, 6.07) is 4.18. The molecule has 0 bridgehead atoms. The molecule has 106 valence electrons. The first kappa shape index (κ1) is 13.9. The molecular formula is C15H23ClN2S. The van der Waals surface area contributed by atoms with Crippen LogP contribution in [0, 0.1) is 5.92 Å². The number of halogens is 1. The van der Waals surface area contributed by atoms with Crippen molar-refractivity contribution in [2.24, 2.45) is 5.92 Å². The standard InChI is InChI=1S/C15H23ClN2S/c16-15-6-5-14(19-15)12-18-9-7-17(8-10-18)11-13-3-1-2-4-13/h5-6,13H,1-4,7-12H2. The van der Waals surface area contributed by atoms with Crippen LogP contribution in [0.15, 0.2) is 12.1 Å². The summed E-state index contributed by atoms with van der Waals surface area (Å²) >= 11 is 7.71. The van der Waals surface area contributed by atoms with Crippen molar-refractivity contribution >= 4 is 22.9 Å². The van der Waals surface area contributed by atoms with Gasteiger partial charge in [-0.3, -0.25) is 4.90 Å². The molecule has 1 saturated heterocycles. The lowest BCUT2D eigenvalue weighted by Gasteiger charge is -2.35. The van der Waals surface area contributed by atoms with Gasteiger partial charge in [0, 0.05) is 44.1 Å². The molecule has 0 N–H and O–H groups in total. The number of nitrogens with zero attached hydrogens (tertiary/aromatic N) is 2. The summed E-state index contributed by atoms with van der Waals surface area (Å²) in [4.78, 5) is 6.63. The zero-order valence-corrected chi connectivity index (χ0v) is 13.1. The highest BCUT2D eigenvalue weighted by Crippen LogP contribution is 2.26. The molecule has 0 amide bonds. The maximum atomic E-state index is 5.99. The molecular weight excluding hydrogens is 276 g/mol. The fraction of sp³-hybridized carbons (Fsp3) is 0.733. The van der Waals surface area contributed by atoms with E-state index in [1.807, 2.05) is 6.07 Å². The van der Waals surface area contributed by atoms with Gasteiger partial charge in [-0.1, -0.05) is 24.4 Å². The first-order valence-electron chi connectivity index (χ1n) is 7.48. The van der Waals surface area contributed by atoms with Gasteiger partial charge in [0.1, 0.15) is 0 Å². The van der Waals surface area contributed by atoms with Crippen LogP contribution in [-0.4, -0.2) is 42.5 Å². The van der Waals surface area contributed by atoms with Crippen molar-refractivity contribution < 1.29 is 0 Å². The Morgan fingerprint density at radius 3 is 2.37 bits per heavy atom. The van der Waals surface area contributed by atoms with Gasteiger partial charge in [-0.25, -0.2) is 0 Å². The Morgan fingerprint density at radius 1 is 1.05 bits per heavy atom. The Bertz CT molecular complexity index is 393. The lowest BCUT2D eigenvalue weighted by atomic mass is 10.1. The monoisotopic (exact) mass is 298 g/mol. The molecule has 19 heavy (non-hydrogen) atoms. The summed E-state index contributed by atoms with van der Waals surface area (Å²) < 4.78 is 0.912. The zero-order valence-electron chi connectivity index (χ0n) is 11.5. The summed E-state index contributed by atoms with van der Waals surface area (Å²) in [5, 5.41) is 0. The van der Waals surface area contributed by atoms with Crippen LogP contribution in [0.4, 0.5) is 0 Å². The zero-order chi connectivity index (χ0) is 13.1. The molecule has 0 spiro atoms. The summed E-state index contributed by atoms with van der Waals surface area (Å²) in [6.45, 7) is 7.34. The summed E-state index contributed by atoms with van der Waals surface area (Å²) in [5.41, 5.74) is 0. The Hall–Kier alpha value is -0.0900. The van der Waals surface area contributed by atoms with Crippen LogP contribution in [0.2, 0.25) is 4.34 Å². The Kier molecular flexibility index (Phi) is 4.80. The molecule has 0 aromatic carbocycles. The van der Waals surface area contributed by atoms with Crippen LogP contribution in [0.1, 0.15) is 30.6 Å². The second kappa shape index (κ2) is 6.57. The van der Waals surface area contributed by atoms with E-state index in [2.05, 4.69) is 15.9 Å². The average molecular weight is 299 g/mol. The number of hydrogen-bond donors (Lipinski definition) is 0. The molecule has 4 heteroatoms. The lowest BCUT2D eigenvalue weighted by Crippen LogP contribution is -2.47. The third kappa shape index (κ3) is 3.94. The van der Waals surface area contributed by atoms with Crippen molar-refractivity contribution in [2.45, 2.75) is 32.2 Å². The molecule has 0 radical (unpaired) electrons. The van der Waals surface area contributed by atoms with Gasteiger partial charge in [0.2, 0.25) is 0 Å². The van der Waals surface area contributed by atoms with Crippen molar-refractivity contribution in [3.05, 3.63) is 21.3 Å². The molecule has 1 saturated carbocycles. The minimum atomic E-state index is 0.912. The minimum Gasteiger partial charge on any atom is -0.301 e. The van der Waals surface area contributed by atoms with Crippen molar-refractivity contribution in [1.82, 2.24) is 9.80 Å². The van der Waals surface area contributed by atoms with Crippen LogP contribution in [-0.2, 0) is 6.54 Å². The third-order valence-electron chi connectivity index (χ3n) is 4.46. The normalized spacial score (nSPS) is 23.2. The predicted molar refractivity (Wildman–Crippen MR) is 83.0 cm³/mol. The van der Waals surface area contributed by atoms with Gasteiger partial charge in [-0.15, -0.1) is 11.3 Å². The van der Waals surface area contributed by atoms with Crippen molar-refractivity contribution in [3.63, 3.8) is 0 Å². The summed E-state index contributed by atoms with van der Waals surface area (Å²) in [6.07, 6.45) is 5.86. The van der Waals surface area contributed by atoms with E-state index < -0.39 is 0 Å². The predicted octanol–water partition coefficient (Wildman–Crippen LogP) is 3.71. The molecule has 2 fully saturated rings. The fourth-order valence-corrected chi connectivity index (χ4v) is 4.48. The van der Waals surface area contributed by atoms with E-state index in [9.17, 15) is 0 Å². The van der Waals surface area contributed by atoms with Crippen LogP contribution in [0.25, 0.3) is 0 Å². The largest absolute Gasteiger partial charge is 0.301 e. The number of hydrogen-bond acceptors (Lipinski definition) is 3. The highest BCUT2D eigenvalue weighted by Gasteiger charge is 2.22. The molecule has 1 aromatic heterocycles. The lowest BCUT2D eigenvalue weighted by molar-refractivity contribution is 0.114. The molecule has 2 heterocycles. The third-order valence-corrected chi connectivity index (χ3v) is 5.68. The van der Waals surface area contributed by atoms with Crippen LogP contribution in [0.3, 0.4) is 0 Å². The molecule has 2 nitrogen and oxygen atoms in total. The molecule has 1 aliphatic carbocycles. The summed E-state index contributed by atoms with van der Waals surface area (Å²) in [5.74, 6) is 0.989. The first-order chi connectivity index (χ1) is 9.29. The van der Waals surface area contributed by atoms with Gasteiger partial charge in [-0.05, 0) is 30.9 Å². The Morgan fingerprint density at radius 2 is 1.74 bits per heavy atom. The quantitative estimate of drug-likeness (QED) is 0.836. The minimum absolute atomic E-state index is 0.912. The maximum absolute atomic E-state index is 5.99. The first-order valence-corrected chi connectivity index (χ1v) is 8.68. The smallest absolute Gasteiger partial charge is 0.0931 e. The molecule has 3 rings (SSSR count). The number of piperazine rings is 1. The van der Waals surface area contributed by atoms with Gasteiger partial charge in [0.05, 0.1) is 4.34 Å². The van der Waals surface area contributed by atoms with E-state index >= 15 is 0 Å². The van der Waals surface area contributed by atoms with Crippen molar-refractivity contribution in [3.8, 4) is 0 Å². The van der Waals surface area contributed by atoms with E-state index in [4.69, 9.17) is 11.6 Å². The van der Waals surface area contributed by atoms with Crippen LogP contribution < -0.4 is 0 Å². The summed E-state index contributed by atoms with van der Waals surface area (Å²) in [7, 11) is 0. The van der Waals surface area contributed by atoms with Gasteiger partial charge in [0.25, 0.3) is 0 Å². The number of thiophene rings is 1. The van der Waals surface area contributed by atoms with Gasteiger partial charge < -0.3 is 4.90 Å². The second-order valence-electron chi connectivity index (χ2n) is 5.93. The van der Waals surface area contributed by atoms with Gasteiger partial charge in [0.15, 0.2) is 0 Å². The molecule has 0 atom stereocenters. The Labute approximate surface area is 125 Å². The van der Waals surface area contributed by atoms with Crippen LogP contribution in [0.5, 0.6) is 0 Å². The highest BCUT2D eigenvalue weighted by molar-refractivity contribution is 7.16. The topological polar surface area (TPSA) is 6.48 Å². The fourth-order valence-electron chi connectivity index (χ4n) is 3.35. The van der Waals surface area contributed by atoms with Gasteiger partial charge in [-0.2, -0.15) is 0 Å². The van der Waals surface area contributed by atoms with E-state index in [-0.39, 0.29) is 0 Å². The molecule has 1 aromatic rings. The van der Waals surface area contributed by atoms with E-state index in [1.54, 1.807) is 11.3 Å². The molecule has 1 aliphatic heterocycles. The van der Waals surface area contributed by atoms with Crippen molar-refractivity contribution in [2.75, 3.05) is 32.7 Å². The van der Waals surface area contributed by atoms with E-state index in [1.165, 1.54) is 63.3 Å². The van der Waals surface area contributed by atoms with E-state index in [0.29, 0.717) is 0 Å². The Balaban J connectivity index is 1.41. The average Bonchev–Trinajstić information content (AvgIpc) is 3.04. The highest BCUT2D eigenvalue weighted by atomic mass is 35.5. The maximum Gasteiger partial charge on any atom is 0.0931 e. The van der Waals surface area contributed by atoms with Crippen LogP contribution >= 0.6 is 22.9 Å². The molecule has 0 unspecified atom stereocenters. The SMILES string of the molecule is Clc1ccc(CN2CCN(CC3CCCC3)CC2)s1. The van der Waals surface area contributed by atoms with E-state index in [0.717, 1.165) is 16.8 Å².